The molecule has 0 amide bonds. The second-order valence-electron chi connectivity index (χ2n) is 8.37. The topological polar surface area (TPSA) is 82.1 Å². The quantitative estimate of drug-likeness (QED) is 0.729. The van der Waals surface area contributed by atoms with Gasteiger partial charge in [-0.1, -0.05) is 13.8 Å². The van der Waals surface area contributed by atoms with Gasteiger partial charge in [-0.15, -0.1) is 0 Å². The number of carbonyl (C=O) groups excluding carboxylic acids is 2. The lowest BCUT2D eigenvalue weighted by Gasteiger charge is -2.37. The van der Waals surface area contributed by atoms with Gasteiger partial charge >= 0.3 is 5.97 Å². The minimum absolute atomic E-state index is 0.121. The molecule has 6 atom stereocenters. The van der Waals surface area contributed by atoms with E-state index < -0.39 is 35.0 Å². The van der Waals surface area contributed by atoms with Gasteiger partial charge in [0.15, 0.2) is 11.4 Å². The Labute approximate surface area is 146 Å². The van der Waals surface area contributed by atoms with Gasteiger partial charge in [-0.25, -0.2) is 0 Å². The zero-order valence-corrected chi connectivity index (χ0v) is 15.2. The lowest BCUT2D eigenvalue weighted by Crippen LogP contribution is -2.52. The normalized spacial score (nSPS) is 50.3. The molecule has 6 nitrogen and oxygen atoms in total. The zero-order valence-electron chi connectivity index (χ0n) is 15.2. The van der Waals surface area contributed by atoms with Crippen LogP contribution in [0.25, 0.3) is 0 Å². The number of esters is 1. The van der Waals surface area contributed by atoms with Gasteiger partial charge in [0.1, 0.15) is 17.3 Å². The predicted molar refractivity (Wildman–Crippen MR) is 87.1 cm³/mol. The summed E-state index contributed by atoms with van der Waals surface area (Å²) in [5, 5.41) is 11.3. The second kappa shape index (κ2) is 4.74. The minimum atomic E-state index is -1.65. The second-order valence-corrected chi connectivity index (χ2v) is 8.37. The Morgan fingerprint density at radius 2 is 1.96 bits per heavy atom. The molecule has 0 unspecified atom stereocenters. The van der Waals surface area contributed by atoms with E-state index in [9.17, 15) is 14.7 Å². The van der Waals surface area contributed by atoms with E-state index >= 15 is 0 Å². The smallest absolute Gasteiger partial charge is 0.318 e. The zero-order chi connectivity index (χ0) is 18.4. The summed E-state index contributed by atoms with van der Waals surface area (Å²) in [7, 11) is 0. The molecule has 0 aliphatic carbocycles. The molecule has 4 aliphatic heterocycles. The fourth-order valence-electron chi connectivity index (χ4n) is 4.86. The number of rotatable bonds is 1. The summed E-state index contributed by atoms with van der Waals surface area (Å²) in [5.74, 6) is -2.41. The summed E-state index contributed by atoms with van der Waals surface area (Å²) in [4.78, 5) is 25.3. The third-order valence-corrected chi connectivity index (χ3v) is 6.46. The molecule has 2 bridgehead atoms. The molecule has 1 N–H and O–H groups in total. The number of hydrogen-bond acceptors (Lipinski definition) is 6. The van der Waals surface area contributed by atoms with E-state index in [0.29, 0.717) is 5.76 Å². The lowest BCUT2D eigenvalue weighted by atomic mass is 9.66. The molecular formula is C19H24O6. The van der Waals surface area contributed by atoms with E-state index in [2.05, 4.69) is 0 Å². The third kappa shape index (κ3) is 1.87. The molecule has 4 heterocycles. The van der Waals surface area contributed by atoms with E-state index in [0.717, 1.165) is 5.57 Å². The fraction of sp³-hybridized carbons (Fsp3) is 0.684. The van der Waals surface area contributed by atoms with Crippen LogP contribution in [0.2, 0.25) is 0 Å². The monoisotopic (exact) mass is 348 g/mol. The highest BCUT2D eigenvalue weighted by molar-refractivity contribution is 6.00. The maximum Gasteiger partial charge on any atom is 0.318 e. The standard InChI is InChI=1S/C19H24O6/c1-9(2)19(22)18(5)15-12(23-16(18)21)6-10(3)11-7-14(20)17(4,24-11)8-13(15)25-19/h6-7,9,12-13,15,22H,8H2,1-5H3/b10-6-/t12-,13+,15-,17-,18-,19-/m0/s1. The van der Waals surface area contributed by atoms with Gasteiger partial charge in [0.2, 0.25) is 5.78 Å². The highest BCUT2D eigenvalue weighted by Crippen LogP contribution is 2.60. The Hall–Kier alpha value is -1.66. The minimum Gasteiger partial charge on any atom is -0.479 e. The predicted octanol–water partition coefficient (Wildman–Crippen LogP) is 1.87. The first-order chi connectivity index (χ1) is 11.5. The molecule has 0 aromatic carbocycles. The molecule has 6 heteroatoms. The van der Waals surface area contributed by atoms with Crippen LogP contribution in [0.4, 0.5) is 0 Å². The molecule has 0 aromatic heterocycles. The molecular weight excluding hydrogens is 324 g/mol. The number of carbonyl (C=O) groups is 2. The van der Waals surface area contributed by atoms with Crippen molar-refractivity contribution in [1.82, 2.24) is 0 Å². The SMILES string of the molecule is C/C1=C/[C@@H]2OC(=O)[C@]3(C)[C@@H]2[C@@H](C[C@]2(C)OC1=CC2=O)O[C@@]3(O)C(C)C. The van der Waals surface area contributed by atoms with Crippen LogP contribution in [0.15, 0.2) is 23.5 Å². The van der Waals surface area contributed by atoms with Crippen LogP contribution >= 0.6 is 0 Å². The Kier molecular flexibility index (Phi) is 3.18. The highest BCUT2D eigenvalue weighted by atomic mass is 16.7. The van der Waals surface area contributed by atoms with Crippen LogP contribution in [-0.2, 0) is 23.8 Å². The lowest BCUT2D eigenvalue weighted by molar-refractivity contribution is -0.264. The van der Waals surface area contributed by atoms with Crippen LogP contribution in [0.5, 0.6) is 0 Å². The number of ether oxygens (including phenoxy) is 3. The van der Waals surface area contributed by atoms with Crippen molar-refractivity contribution in [2.75, 3.05) is 0 Å². The molecule has 4 rings (SSSR count). The molecule has 2 saturated heterocycles. The van der Waals surface area contributed by atoms with Gasteiger partial charge in [0.25, 0.3) is 0 Å². The van der Waals surface area contributed by atoms with Crippen LogP contribution < -0.4 is 0 Å². The summed E-state index contributed by atoms with van der Waals surface area (Å²) >= 11 is 0. The third-order valence-electron chi connectivity index (χ3n) is 6.46. The molecule has 25 heavy (non-hydrogen) atoms. The van der Waals surface area contributed by atoms with Gasteiger partial charge in [0, 0.05) is 24.3 Å². The van der Waals surface area contributed by atoms with Crippen LogP contribution in [-0.4, -0.2) is 40.5 Å². The van der Waals surface area contributed by atoms with Gasteiger partial charge in [0.05, 0.1) is 6.10 Å². The average Bonchev–Trinajstić information content (AvgIpc) is 3.03. The van der Waals surface area contributed by atoms with Gasteiger partial charge in [-0.2, -0.15) is 0 Å². The van der Waals surface area contributed by atoms with Crippen molar-refractivity contribution in [3.8, 4) is 0 Å². The van der Waals surface area contributed by atoms with E-state index in [1.165, 1.54) is 6.08 Å². The molecule has 4 aliphatic rings. The number of fused-ring (bicyclic) bond motifs is 2. The largest absolute Gasteiger partial charge is 0.479 e. The van der Waals surface area contributed by atoms with Crippen molar-refractivity contribution in [2.24, 2.45) is 17.3 Å². The van der Waals surface area contributed by atoms with E-state index in [1.807, 2.05) is 26.8 Å². The Balaban J connectivity index is 1.89. The maximum atomic E-state index is 12.8. The molecule has 2 fully saturated rings. The Bertz CT molecular complexity index is 736. The first kappa shape index (κ1) is 16.8. The summed E-state index contributed by atoms with van der Waals surface area (Å²) in [6, 6.07) is 0. The summed E-state index contributed by atoms with van der Waals surface area (Å²) in [6.07, 6.45) is 2.52. The van der Waals surface area contributed by atoms with Crippen molar-refractivity contribution >= 4 is 11.8 Å². The van der Waals surface area contributed by atoms with Crippen LogP contribution in [0.3, 0.4) is 0 Å². The van der Waals surface area contributed by atoms with Gasteiger partial charge in [-0.3, -0.25) is 9.59 Å². The number of aliphatic hydroxyl groups is 1. The van der Waals surface area contributed by atoms with Crippen LogP contribution in [0.1, 0.15) is 41.0 Å². The van der Waals surface area contributed by atoms with Crippen molar-refractivity contribution in [3.63, 3.8) is 0 Å². The van der Waals surface area contributed by atoms with Crippen molar-refractivity contribution < 1.29 is 28.9 Å². The Morgan fingerprint density at radius 3 is 2.60 bits per heavy atom. The highest BCUT2D eigenvalue weighted by Gasteiger charge is 2.74. The molecule has 136 valence electrons. The van der Waals surface area contributed by atoms with Gasteiger partial charge < -0.3 is 19.3 Å². The summed E-state index contributed by atoms with van der Waals surface area (Å²) in [6.45, 7) is 8.91. The van der Waals surface area contributed by atoms with E-state index in [4.69, 9.17) is 14.2 Å². The van der Waals surface area contributed by atoms with Crippen LogP contribution in [0, 0.1) is 17.3 Å². The first-order valence-electron chi connectivity index (χ1n) is 8.78. The van der Waals surface area contributed by atoms with E-state index in [-0.39, 0.29) is 24.0 Å². The molecule has 0 radical (unpaired) electrons. The number of hydrogen-bond donors (Lipinski definition) is 1. The first-order valence-corrected chi connectivity index (χ1v) is 8.78. The maximum absolute atomic E-state index is 12.8. The van der Waals surface area contributed by atoms with Gasteiger partial charge in [-0.05, 0) is 32.4 Å². The summed E-state index contributed by atoms with van der Waals surface area (Å²) in [5.41, 5.74) is -1.50. The van der Waals surface area contributed by atoms with Crippen molar-refractivity contribution in [1.29, 1.82) is 0 Å². The van der Waals surface area contributed by atoms with Crippen molar-refractivity contribution in [3.05, 3.63) is 23.5 Å². The molecule has 0 aromatic rings. The average molecular weight is 348 g/mol. The molecule has 0 saturated carbocycles. The summed E-state index contributed by atoms with van der Waals surface area (Å²) < 4.78 is 17.7. The molecule has 0 spiro atoms. The fourth-order valence-corrected chi connectivity index (χ4v) is 4.86. The number of ketones is 1. The number of allylic oxidation sites excluding steroid dienone is 1. The van der Waals surface area contributed by atoms with Crippen molar-refractivity contribution in [2.45, 2.75) is 64.6 Å². The van der Waals surface area contributed by atoms with E-state index in [1.54, 1.807) is 13.8 Å². The Morgan fingerprint density at radius 1 is 1.28 bits per heavy atom.